The van der Waals surface area contributed by atoms with E-state index in [1.54, 1.807) is 6.92 Å². The smallest absolute Gasteiger partial charge is 0.462 e. The highest BCUT2D eigenvalue weighted by atomic mass is 35.5. The second-order valence-electron chi connectivity index (χ2n) is 4.36. The normalized spacial score (nSPS) is 11.2. The second-order valence-corrected chi connectivity index (χ2v) is 4.75. The molecule has 0 spiro atoms. The van der Waals surface area contributed by atoms with Gasteiger partial charge in [-0.3, -0.25) is 0 Å². The van der Waals surface area contributed by atoms with Crippen LogP contribution in [-0.4, -0.2) is 23.9 Å². The van der Waals surface area contributed by atoms with Gasteiger partial charge in [0.1, 0.15) is 10.9 Å². The fourth-order valence-corrected chi connectivity index (χ4v) is 2.04. The number of carbonyl (C=O) groups excluding carboxylic acids is 1. The van der Waals surface area contributed by atoms with Crippen molar-refractivity contribution >= 4 is 17.6 Å². The topological polar surface area (TPSA) is 48.4 Å². The van der Waals surface area contributed by atoms with Crippen molar-refractivity contribution < 1.29 is 27.4 Å². The number of benzene rings is 1. The molecule has 0 amide bonds. The Hall–Kier alpha value is -2.28. The SMILES string of the molecule is CCOC(=O)c1cc(Cl)nc(-c2cccc(OC(F)(F)F)c2)c1. The quantitative estimate of drug-likeness (QED) is 0.605. The largest absolute Gasteiger partial charge is 0.573 e. The van der Waals surface area contributed by atoms with Gasteiger partial charge < -0.3 is 9.47 Å². The van der Waals surface area contributed by atoms with Crippen LogP contribution in [0.25, 0.3) is 11.3 Å². The Labute approximate surface area is 134 Å². The summed E-state index contributed by atoms with van der Waals surface area (Å²) in [4.78, 5) is 15.8. The van der Waals surface area contributed by atoms with Gasteiger partial charge in [-0.25, -0.2) is 9.78 Å². The van der Waals surface area contributed by atoms with Crippen LogP contribution in [0.3, 0.4) is 0 Å². The first-order valence-corrected chi connectivity index (χ1v) is 6.87. The molecule has 2 aromatic rings. The molecule has 0 aliphatic heterocycles. The molecule has 0 aliphatic rings. The highest BCUT2D eigenvalue weighted by molar-refractivity contribution is 6.29. The number of pyridine rings is 1. The predicted molar refractivity (Wildman–Crippen MR) is 77.3 cm³/mol. The van der Waals surface area contributed by atoms with E-state index in [1.165, 1.54) is 24.3 Å². The zero-order valence-corrected chi connectivity index (χ0v) is 12.6. The van der Waals surface area contributed by atoms with Crippen LogP contribution in [0, 0.1) is 0 Å². The van der Waals surface area contributed by atoms with E-state index < -0.39 is 18.1 Å². The van der Waals surface area contributed by atoms with Crippen molar-refractivity contribution in [2.75, 3.05) is 6.61 Å². The fraction of sp³-hybridized carbons (Fsp3) is 0.200. The van der Waals surface area contributed by atoms with E-state index in [0.717, 1.165) is 12.1 Å². The molecule has 0 saturated heterocycles. The summed E-state index contributed by atoms with van der Waals surface area (Å²) in [5, 5.41) is 0.0210. The van der Waals surface area contributed by atoms with Crippen molar-refractivity contribution in [1.29, 1.82) is 0 Å². The van der Waals surface area contributed by atoms with Gasteiger partial charge in [-0.15, -0.1) is 13.2 Å². The average Bonchev–Trinajstić information content (AvgIpc) is 2.45. The van der Waals surface area contributed by atoms with E-state index in [9.17, 15) is 18.0 Å². The molecule has 23 heavy (non-hydrogen) atoms. The van der Waals surface area contributed by atoms with Gasteiger partial charge in [-0.2, -0.15) is 0 Å². The van der Waals surface area contributed by atoms with Gasteiger partial charge in [0.05, 0.1) is 17.9 Å². The number of hydrogen-bond donors (Lipinski definition) is 0. The molecule has 0 fully saturated rings. The molecule has 0 atom stereocenters. The third kappa shape index (κ3) is 4.85. The summed E-state index contributed by atoms with van der Waals surface area (Å²) >= 11 is 5.86. The lowest BCUT2D eigenvalue weighted by atomic mass is 10.1. The van der Waals surface area contributed by atoms with Gasteiger partial charge in [0, 0.05) is 5.56 Å². The molecule has 4 nitrogen and oxygen atoms in total. The minimum Gasteiger partial charge on any atom is -0.462 e. The van der Waals surface area contributed by atoms with Crippen LogP contribution in [0.15, 0.2) is 36.4 Å². The Bertz CT molecular complexity index is 719. The third-order valence-electron chi connectivity index (χ3n) is 2.67. The summed E-state index contributed by atoms with van der Waals surface area (Å²) < 4.78 is 45.5. The summed E-state index contributed by atoms with van der Waals surface area (Å²) in [7, 11) is 0. The molecule has 0 bridgehead atoms. The monoisotopic (exact) mass is 345 g/mol. The maximum Gasteiger partial charge on any atom is 0.573 e. The van der Waals surface area contributed by atoms with Crippen molar-refractivity contribution in [1.82, 2.24) is 4.98 Å². The molecule has 0 saturated carbocycles. The van der Waals surface area contributed by atoms with E-state index in [1.807, 2.05) is 0 Å². The van der Waals surface area contributed by atoms with E-state index in [0.29, 0.717) is 5.56 Å². The first-order chi connectivity index (χ1) is 10.8. The van der Waals surface area contributed by atoms with Crippen LogP contribution in [0.2, 0.25) is 5.15 Å². The zero-order chi connectivity index (χ0) is 17.0. The van der Waals surface area contributed by atoms with Gasteiger partial charge in [0.2, 0.25) is 0 Å². The van der Waals surface area contributed by atoms with Gasteiger partial charge in [-0.05, 0) is 31.2 Å². The van der Waals surface area contributed by atoms with Crippen molar-refractivity contribution in [2.45, 2.75) is 13.3 Å². The first-order valence-electron chi connectivity index (χ1n) is 6.49. The number of aromatic nitrogens is 1. The Morgan fingerprint density at radius 2 is 2.00 bits per heavy atom. The minimum absolute atomic E-state index is 0.0210. The Morgan fingerprint density at radius 1 is 1.26 bits per heavy atom. The molecule has 1 heterocycles. The van der Waals surface area contributed by atoms with Crippen molar-refractivity contribution in [3.63, 3.8) is 0 Å². The Kier molecular flexibility index (Phi) is 5.10. The van der Waals surface area contributed by atoms with E-state index in [-0.39, 0.29) is 23.0 Å². The number of ether oxygens (including phenoxy) is 2. The van der Waals surface area contributed by atoms with Crippen LogP contribution in [-0.2, 0) is 4.74 Å². The molecule has 0 N–H and O–H groups in total. The number of carbonyl (C=O) groups is 1. The van der Waals surface area contributed by atoms with E-state index in [4.69, 9.17) is 16.3 Å². The molecular formula is C15H11ClF3NO3. The molecule has 1 aromatic heterocycles. The van der Waals surface area contributed by atoms with E-state index in [2.05, 4.69) is 9.72 Å². The predicted octanol–water partition coefficient (Wildman–Crippen LogP) is 4.48. The molecule has 8 heteroatoms. The summed E-state index contributed by atoms with van der Waals surface area (Å²) in [6.45, 7) is 1.84. The van der Waals surface area contributed by atoms with Gasteiger partial charge >= 0.3 is 12.3 Å². The maximum absolute atomic E-state index is 12.3. The van der Waals surface area contributed by atoms with Crippen LogP contribution in [0.5, 0.6) is 5.75 Å². The lowest BCUT2D eigenvalue weighted by Crippen LogP contribution is -2.17. The summed E-state index contributed by atoms with van der Waals surface area (Å²) in [5.41, 5.74) is 0.706. The molecule has 0 unspecified atom stereocenters. The number of hydrogen-bond acceptors (Lipinski definition) is 4. The number of esters is 1. The van der Waals surface area contributed by atoms with Crippen LogP contribution in [0.4, 0.5) is 13.2 Å². The number of halogens is 4. The van der Waals surface area contributed by atoms with Crippen molar-refractivity contribution in [3.05, 3.63) is 47.1 Å². The number of alkyl halides is 3. The highest BCUT2D eigenvalue weighted by Gasteiger charge is 2.31. The molecule has 122 valence electrons. The standard InChI is InChI=1S/C15H11ClF3NO3/c1-2-22-14(21)10-7-12(20-13(16)8-10)9-4-3-5-11(6-9)23-15(17,18)19/h3-8H,2H2,1H3. The molecular weight excluding hydrogens is 335 g/mol. The van der Waals surface area contributed by atoms with Crippen LogP contribution < -0.4 is 4.74 Å². The average molecular weight is 346 g/mol. The lowest BCUT2D eigenvalue weighted by molar-refractivity contribution is -0.274. The second kappa shape index (κ2) is 6.87. The highest BCUT2D eigenvalue weighted by Crippen LogP contribution is 2.28. The lowest BCUT2D eigenvalue weighted by Gasteiger charge is -2.10. The summed E-state index contributed by atoms with van der Waals surface area (Å²) in [6, 6.07) is 7.92. The van der Waals surface area contributed by atoms with Gasteiger partial charge in [0.25, 0.3) is 0 Å². The van der Waals surface area contributed by atoms with Gasteiger partial charge in [0.15, 0.2) is 0 Å². The Morgan fingerprint density at radius 3 is 2.65 bits per heavy atom. The van der Waals surface area contributed by atoms with Crippen LogP contribution in [0.1, 0.15) is 17.3 Å². The number of rotatable bonds is 4. The molecule has 1 aromatic carbocycles. The fourth-order valence-electron chi connectivity index (χ4n) is 1.83. The molecule has 0 radical (unpaired) electrons. The van der Waals surface area contributed by atoms with Gasteiger partial charge in [-0.1, -0.05) is 23.7 Å². The first kappa shape index (κ1) is 17.1. The van der Waals surface area contributed by atoms with E-state index >= 15 is 0 Å². The van der Waals surface area contributed by atoms with Crippen molar-refractivity contribution in [2.24, 2.45) is 0 Å². The van der Waals surface area contributed by atoms with Crippen LogP contribution >= 0.6 is 11.6 Å². The Balaban J connectivity index is 2.38. The summed E-state index contributed by atoms with van der Waals surface area (Å²) in [6.07, 6.45) is -4.80. The molecule has 2 rings (SSSR count). The maximum atomic E-state index is 12.3. The van der Waals surface area contributed by atoms with Crippen molar-refractivity contribution in [3.8, 4) is 17.0 Å². The summed E-state index contributed by atoms with van der Waals surface area (Å²) in [5.74, 6) is -0.991. The minimum atomic E-state index is -4.80. The zero-order valence-electron chi connectivity index (χ0n) is 11.9. The third-order valence-corrected chi connectivity index (χ3v) is 2.86. The number of nitrogens with zero attached hydrogens (tertiary/aromatic N) is 1. The molecule has 0 aliphatic carbocycles.